The van der Waals surface area contributed by atoms with Crippen LogP contribution >= 0.6 is 11.6 Å². The SMILES string of the molecule is CCn1c(=O)nc(Nc2ccc(Oc3cncc(C(=O)O)c3)c(C)c2)n(Cc2ccc(Cl)cc2)c1=O. The Morgan fingerprint density at radius 3 is 2.50 bits per heavy atom. The molecule has 184 valence electrons. The maximum atomic E-state index is 13.1. The van der Waals surface area contributed by atoms with Gasteiger partial charge in [0.1, 0.15) is 11.5 Å². The zero-order chi connectivity index (χ0) is 25.8. The molecule has 2 aromatic carbocycles. The molecule has 4 aromatic rings. The summed E-state index contributed by atoms with van der Waals surface area (Å²) in [6.45, 7) is 3.87. The van der Waals surface area contributed by atoms with Crippen molar-refractivity contribution in [3.8, 4) is 11.5 Å². The van der Waals surface area contributed by atoms with E-state index >= 15 is 0 Å². The van der Waals surface area contributed by atoms with Gasteiger partial charge < -0.3 is 15.2 Å². The average Bonchev–Trinajstić information content (AvgIpc) is 2.85. The number of aromatic nitrogens is 4. The van der Waals surface area contributed by atoms with E-state index in [1.165, 1.54) is 23.0 Å². The summed E-state index contributed by atoms with van der Waals surface area (Å²) in [4.78, 5) is 44.7. The number of rotatable bonds is 8. The molecule has 2 heterocycles. The van der Waals surface area contributed by atoms with Gasteiger partial charge in [0.25, 0.3) is 0 Å². The van der Waals surface area contributed by atoms with E-state index in [0.29, 0.717) is 22.0 Å². The van der Waals surface area contributed by atoms with Crippen LogP contribution in [0.4, 0.5) is 11.6 Å². The third kappa shape index (κ3) is 5.44. The molecule has 0 aliphatic rings. The Balaban J connectivity index is 1.64. The van der Waals surface area contributed by atoms with Gasteiger partial charge in [0.2, 0.25) is 5.95 Å². The molecule has 0 amide bonds. The molecule has 0 saturated carbocycles. The van der Waals surface area contributed by atoms with Crippen LogP contribution in [0.2, 0.25) is 5.02 Å². The number of halogens is 1. The first-order valence-corrected chi connectivity index (χ1v) is 11.3. The summed E-state index contributed by atoms with van der Waals surface area (Å²) in [6.07, 6.45) is 2.65. The third-order valence-corrected chi connectivity index (χ3v) is 5.59. The second-order valence-electron chi connectivity index (χ2n) is 7.88. The van der Waals surface area contributed by atoms with Gasteiger partial charge >= 0.3 is 17.3 Å². The van der Waals surface area contributed by atoms with Crippen molar-refractivity contribution in [1.82, 2.24) is 19.1 Å². The molecule has 4 rings (SSSR count). The Kier molecular flexibility index (Phi) is 7.16. The predicted octanol–water partition coefficient (Wildman–Crippen LogP) is 4.06. The highest BCUT2D eigenvalue weighted by Crippen LogP contribution is 2.28. The highest BCUT2D eigenvalue weighted by atomic mass is 35.5. The number of nitrogens with one attached hydrogen (secondary N) is 1. The van der Waals surface area contributed by atoms with Crippen LogP contribution < -0.4 is 21.4 Å². The molecule has 0 unspecified atom stereocenters. The fourth-order valence-corrected chi connectivity index (χ4v) is 3.63. The van der Waals surface area contributed by atoms with E-state index in [1.807, 2.05) is 0 Å². The highest BCUT2D eigenvalue weighted by Gasteiger charge is 2.14. The Labute approximate surface area is 210 Å². The second kappa shape index (κ2) is 10.4. The number of anilines is 2. The maximum Gasteiger partial charge on any atom is 0.354 e. The molecule has 0 aliphatic heterocycles. The molecule has 0 radical (unpaired) electrons. The number of aryl methyl sites for hydroxylation is 1. The van der Waals surface area contributed by atoms with Crippen molar-refractivity contribution in [1.29, 1.82) is 0 Å². The minimum Gasteiger partial charge on any atom is -0.478 e. The van der Waals surface area contributed by atoms with Gasteiger partial charge in [0.15, 0.2) is 0 Å². The van der Waals surface area contributed by atoms with Gasteiger partial charge in [-0.1, -0.05) is 23.7 Å². The van der Waals surface area contributed by atoms with Gasteiger partial charge in [0.05, 0.1) is 18.3 Å². The van der Waals surface area contributed by atoms with Crippen LogP contribution in [0.5, 0.6) is 11.5 Å². The second-order valence-corrected chi connectivity index (χ2v) is 8.32. The van der Waals surface area contributed by atoms with Crippen molar-refractivity contribution >= 4 is 29.2 Å². The summed E-state index contributed by atoms with van der Waals surface area (Å²) < 4.78 is 8.24. The van der Waals surface area contributed by atoms with Crippen molar-refractivity contribution in [2.45, 2.75) is 26.9 Å². The molecule has 0 aliphatic carbocycles. The number of aromatic carboxylic acids is 1. The van der Waals surface area contributed by atoms with Crippen molar-refractivity contribution in [2.75, 3.05) is 5.32 Å². The van der Waals surface area contributed by atoms with Crippen LogP contribution in [0.1, 0.15) is 28.4 Å². The first kappa shape index (κ1) is 24.7. The van der Waals surface area contributed by atoms with Gasteiger partial charge in [-0.05, 0) is 61.4 Å². The predicted molar refractivity (Wildman–Crippen MR) is 135 cm³/mol. The third-order valence-electron chi connectivity index (χ3n) is 5.34. The van der Waals surface area contributed by atoms with Gasteiger partial charge in [-0.2, -0.15) is 4.98 Å². The number of hydrogen-bond acceptors (Lipinski definition) is 7. The average molecular weight is 508 g/mol. The fraction of sp³-hybridized carbons (Fsp3) is 0.160. The summed E-state index contributed by atoms with van der Waals surface area (Å²) >= 11 is 5.97. The van der Waals surface area contributed by atoms with Gasteiger partial charge in [-0.3, -0.25) is 9.55 Å². The van der Waals surface area contributed by atoms with Crippen LogP contribution in [-0.4, -0.2) is 30.2 Å². The van der Waals surface area contributed by atoms with Gasteiger partial charge in [0, 0.05) is 23.5 Å². The molecule has 2 aromatic heterocycles. The molecule has 0 bridgehead atoms. The van der Waals surface area contributed by atoms with Crippen LogP contribution in [0.15, 0.2) is 70.5 Å². The number of benzene rings is 2. The van der Waals surface area contributed by atoms with E-state index in [1.54, 1.807) is 56.3 Å². The lowest BCUT2D eigenvalue weighted by Gasteiger charge is -2.16. The summed E-state index contributed by atoms with van der Waals surface area (Å²) in [7, 11) is 0. The monoisotopic (exact) mass is 507 g/mol. The van der Waals surface area contributed by atoms with Gasteiger partial charge in [-0.15, -0.1) is 0 Å². The number of ether oxygens (including phenoxy) is 1. The summed E-state index contributed by atoms with van der Waals surface area (Å²) in [5.74, 6) is -0.249. The Morgan fingerprint density at radius 1 is 1.08 bits per heavy atom. The summed E-state index contributed by atoms with van der Waals surface area (Å²) in [6, 6.07) is 13.6. The Hall–Kier alpha value is -4.44. The quantitative estimate of drug-likeness (QED) is 0.365. The fourth-order valence-electron chi connectivity index (χ4n) is 3.50. The number of hydrogen-bond donors (Lipinski definition) is 2. The number of nitrogens with zero attached hydrogens (tertiary/aromatic N) is 4. The number of pyridine rings is 1. The van der Waals surface area contributed by atoms with Crippen molar-refractivity contribution in [3.63, 3.8) is 0 Å². The van der Waals surface area contributed by atoms with Crippen molar-refractivity contribution in [3.05, 3.63) is 104 Å². The molecule has 0 spiro atoms. The minimum absolute atomic E-state index is 0.00925. The molecular formula is C25H22ClN5O5. The van der Waals surface area contributed by atoms with Crippen molar-refractivity contribution in [2.24, 2.45) is 0 Å². The topological polar surface area (TPSA) is 128 Å². The van der Waals surface area contributed by atoms with Crippen LogP contribution in [-0.2, 0) is 13.1 Å². The number of carbonyl (C=O) groups is 1. The standard InChI is InChI=1S/C25H22ClN5O5/c1-3-30-24(34)29-23(31(25(30)35)14-16-4-6-18(26)7-5-16)28-19-8-9-21(15(2)10-19)36-20-11-17(22(32)33)12-27-13-20/h4-13H,3,14H2,1-2H3,(H,32,33)(H,28,29,34). The number of carboxylic acid groups (broad SMARTS) is 1. The molecule has 10 nitrogen and oxygen atoms in total. The molecule has 0 saturated heterocycles. The number of carboxylic acids is 1. The molecule has 36 heavy (non-hydrogen) atoms. The smallest absolute Gasteiger partial charge is 0.354 e. The van der Waals surface area contributed by atoms with E-state index in [2.05, 4.69) is 15.3 Å². The minimum atomic E-state index is -1.11. The molecule has 2 N–H and O–H groups in total. The van der Waals surface area contributed by atoms with Crippen LogP contribution in [0.3, 0.4) is 0 Å². The van der Waals surface area contributed by atoms with Crippen molar-refractivity contribution < 1.29 is 14.6 Å². The van der Waals surface area contributed by atoms with E-state index in [0.717, 1.165) is 10.1 Å². The molecule has 0 atom stereocenters. The molecular weight excluding hydrogens is 486 g/mol. The van der Waals surface area contributed by atoms with E-state index in [-0.39, 0.29) is 30.4 Å². The summed E-state index contributed by atoms with van der Waals surface area (Å²) in [5.41, 5.74) is 0.967. The molecule has 0 fully saturated rings. The van der Waals surface area contributed by atoms with E-state index in [4.69, 9.17) is 21.4 Å². The normalized spacial score (nSPS) is 10.8. The highest BCUT2D eigenvalue weighted by molar-refractivity contribution is 6.30. The van der Waals surface area contributed by atoms with Crippen LogP contribution in [0.25, 0.3) is 0 Å². The first-order valence-electron chi connectivity index (χ1n) is 10.9. The van der Waals surface area contributed by atoms with Crippen LogP contribution in [0, 0.1) is 6.92 Å². The zero-order valence-electron chi connectivity index (χ0n) is 19.4. The Morgan fingerprint density at radius 2 is 1.83 bits per heavy atom. The van der Waals surface area contributed by atoms with Gasteiger partial charge in [-0.25, -0.2) is 19.0 Å². The first-order chi connectivity index (χ1) is 17.2. The zero-order valence-corrected chi connectivity index (χ0v) is 20.2. The van der Waals surface area contributed by atoms with E-state index < -0.39 is 17.3 Å². The maximum absolute atomic E-state index is 13.1. The Bertz CT molecular complexity index is 1550. The molecule has 11 heteroatoms. The largest absolute Gasteiger partial charge is 0.478 e. The lowest BCUT2D eigenvalue weighted by molar-refractivity contribution is 0.0696. The summed E-state index contributed by atoms with van der Waals surface area (Å²) in [5, 5.41) is 12.8. The van der Waals surface area contributed by atoms with E-state index in [9.17, 15) is 14.4 Å². The lowest BCUT2D eigenvalue weighted by Crippen LogP contribution is -2.42. The lowest BCUT2D eigenvalue weighted by atomic mass is 10.2.